The molecular weight excluding hydrogens is 368 g/mol. The molecule has 9 nitrogen and oxygen atoms in total. The maximum absolute atomic E-state index is 5.88. The molecule has 1 aliphatic rings. The lowest BCUT2D eigenvalue weighted by molar-refractivity contribution is 0.377. The molecule has 0 amide bonds. The number of hydrogen-bond donors (Lipinski definition) is 4. The van der Waals surface area contributed by atoms with Crippen molar-refractivity contribution >= 4 is 23.4 Å². The van der Waals surface area contributed by atoms with Gasteiger partial charge in [-0.3, -0.25) is 0 Å². The van der Waals surface area contributed by atoms with E-state index in [1.807, 2.05) is 26.8 Å². The average Bonchev–Trinajstić information content (AvgIpc) is 3.41. The molecule has 0 aliphatic heterocycles. The fourth-order valence-corrected chi connectivity index (χ4v) is 2.45. The third kappa shape index (κ3) is 7.69. The number of nitrogens with zero attached hydrogens (tertiary/aromatic N) is 4. The van der Waals surface area contributed by atoms with Gasteiger partial charge in [-0.15, -0.1) is 0 Å². The average molecular weight is 403 g/mol. The Bertz CT molecular complexity index is 785. The monoisotopic (exact) mass is 402 g/mol. The third-order valence-electron chi connectivity index (χ3n) is 4.49. The van der Waals surface area contributed by atoms with Gasteiger partial charge in [-0.2, -0.15) is 9.97 Å². The molecule has 1 fully saturated rings. The van der Waals surface area contributed by atoms with E-state index >= 15 is 0 Å². The molecule has 5 N–H and O–H groups in total. The lowest BCUT2D eigenvalue weighted by atomic mass is 10.1. The number of nitrogens with one attached hydrogen (secondary N) is 3. The fraction of sp³-hybridized carbons (Fsp3) is 0.600. The first-order chi connectivity index (χ1) is 14.0. The van der Waals surface area contributed by atoms with Gasteiger partial charge in [0.05, 0.1) is 12.2 Å². The first kappa shape index (κ1) is 22.6. The number of rotatable bonds is 9. The molecule has 0 spiro atoms. The topological polar surface area (TPSA) is 126 Å². The zero-order valence-electron chi connectivity index (χ0n) is 18.1. The summed E-state index contributed by atoms with van der Waals surface area (Å²) in [6.45, 7) is 11.5. The van der Waals surface area contributed by atoms with Crippen molar-refractivity contribution < 1.29 is 4.52 Å². The summed E-state index contributed by atoms with van der Waals surface area (Å²) in [5.41, 5.74) is 13.1. The van der Waals surface area contributed by atoms with Gasteiger partial charge in [0.15, 0.2) is 11.6 Å². The standard InChI is InChI=1S/C18H28N8O.C2H6/c1-4-11(2)15-7-14(27-26-15)10-20-18-23-16(19)8-17(24-18)22-12(3)25-21-9-13-5-6-13;1-2/h7-8,11,13,21H,4-6,9-10H2,1-3H3,(H4,19,20,22,23,24,25);1-2H3. The van der Waals surface area contributed by atoms with Crippen molar-refractivity contribution in [3.05, 3.63) is 23.6 Å². The minimum atomic E-state index is 0.350. The van der Waals surface area contributed by atoms with Crippen LogP contribution in [0.1, 0.15) is 71.3 Å². The van der Waals surface area contributed by atoms with Crippen molar-refractivity contribution in [1.82, 2.24) is 26.0 Å². The molecule has 160 valence electrons. The molecule has 3 rings (SSSR count). The number of hydrazine groups is 1. The normalized spacial score (nSPS) is 14.7. The molecule has 2 heterocycles. The molecule has 0 aromatic carbocycles. The Balaban J connectivity index is 0.00000145. The van der Waals surface area contributed by atoms with Crippen LogP contribution >= 0.6 is 0 Å². The Morgan fingerprint density at radius 1 is 1.31 bits per heavy atom. The summed E-state index contributed by atoms with van der Waals surface area (Å²) >= 11 is 0. The summed E-state index contributed by atoms with van der Waals surface area (Å²) in [5.74, 6) is 3.83. The lowest BCUT2D eigenvalue weighted by Gasteiger charge is -2.08. The van der Waals surface area contributed by atoms with Crippen LogP contribution in [0, 0.1) is 5.92 Å². The number of amidine groups is 1. The van der Waals surface area contributed by atoms with E-state index in [0.29, 0.717) is 35.9 Å². The van der Waals surface area contributed by atoms with Gasteiger partial charge in [-0.1, -0.05) is 32.9 Å². The van der Waals surface area contributed by atoms with Gasteiger partial charge in [0.2, 0.25) is 5.95 Å². The molecule has 0 saturated heterocycles. The Morgan fingerprint density at radius 2 is 2.07 bits per heavy atom. The van der Waals surface area contributed by atoms with Gasteiger partial charge >= 0.3 is 0 Å². The smallest absolute Gasteiger partial charge is 0.227 e. The first-order valence-electron chi connectivity index (χ1n) is 10.4. The van der Waals surface area contributed by atoms with Crippen molar-refractivity contribution in [3.63, 3.8) is 0 Å². The number of aliphatic imine (C=N–C) groups is 1. The predicted octanol–water partition coefficient (Wildman–Crippen LogP) is 3.75. The number of nitrogens with two attached hydrogens (primary N) is 1. The summed E-state index contributed by atoms with van der Waals surface area (Å²) in [5, 5.41) is 7.21. The van der Waals surface area contributed by atoms with E-state index in [9.17, 15) is 0 Å². The summed E-state index contributed by atoms with van der Waals surface area (Å²) < 4.78 is 5.36. The molecule has 1 aliphatic carbocycles. The maximum atomic E-state index is 5.88. The SMILES string of the molecule is CC.CCC(C)c1cc(CNc2nc(N)cc(N=C(C)NNCC3CC3)n2)on1. The van der Waals surface area contributed by atoms with Gasteiger partial charge in [0.1, 0.15) is 11.7 Å². The minimum absolute atomic E-state index is 0.350. The Hall–Kier alpha value is -2.68. The highest BCUT2D eigenvalue weighted by atomic mass is 16.5. The molecule has 1 atom stereocenters. The van der Waals surface area contributed by atoms with Crippen molar-refractivity contribution in [2.24, 2.45) is 10.9 Å². The van der Waals surface area contributed by atoms with Crippen LogP contribution in [-0.2, 0) is 6.54 Å². The van der Waals surface area contributed by atoms with Crippen molar-refractivity contribution in [3.8, 4) is 0 Å². The zero-order valence-corrected chi connectivity index (χ0v) is 18.1. The van der Waals surface area contributed by atoms with Crippen molar-refractivity contribution in [2.45, 2.75) is 66.3 Å². The van der Waals surface area contributed by atoms with Gasteiger partial charge in [0, 0.05) is 24.6 Å². The first-order valence-corrected chi connectivity index (χ1v) is 10.4. The third-order valence-corrected chi connectivity index (χ3v) is 4.49. The highest BCUT2D eigenvalue weighted by Crippen LogP contribution is 2.27. The molecule has 2 aromatic heterocycles. The Labute approximate surface area is 172 Å². The zero-order chi connectivity index (χ0) is 21.2. The van der Waals surface area contributed by atoms with Crippen molar-refractivity contribution in [1.29, 1.82) is 0 Å². The van der Waals surface area contributed by atoms with Crippen LogP contribution < -0.4 is 21.9 Å². The van der Waals surface area contributed by atoms with Gasteiger partial charge in [-0.05, 0) is 32.1 Å². The largest absolute Gasteiger partial charge is 0.383 e. The quantitative estimate of drug-likeness (QED) is 0.284. The molecule has 29 heavy (non-hydrogen) atoms. The maximum Gasteiger partial charge on any atom is 0.227 e. The van der Waals surface area contributed by atoms with E-state index in [0.717, 1.165) is 30.3 Å². The van der Waals surface area contributed by atoms with E-state index in [2.05, 4.69) is 50.1 Å². The predicted molar refractivity (Wildman–Crippen MR) is 117 cm³/mol. The summed E-state index contributed by atoms with van der Waals surface area (Å²) in [4.78, 5) is 13.0. The van der Waals surface area contributed by atoms with E-state index < -0.39 is 0 Å². The van der Waals surface area contributed by atoms with Gasteiger partial charge < -0.3 is 21.0 Å². The van der Waals surface area contributed by atoms with Crippen LogP contribution in [-0.4, -0.2) is 27.5 Å². The highest BCUT2D eigenvalue weighted by Gasteiger charge is 2.20. The Kier molecular flexibility index (Phi) is 8.85. The van der Waals surface area contributed by atoms with E-state index in [4.69, 9.17) is 10.3 Å². The number of aromatic nitrogens is 3. The van der Waals surface area contributed by atoms with E-state index in [1.54, 1.807) is 6.07 Å². The van der Waals surface area contributed by atoms with Gasteiger partial charge in [-0.25, -0.2) is 10.4 Å². The van der Waals surface area contributed by atoms with E-state index in [1.165, 1.54) is 12.8 Å². The number of nitrogen functional groups attached to an aromatic ring is 1. The van der Waals surface area contributed by atoms with Crippen LogP contribution in [0.4, 0.5) is 17.6 Å². The second kappa shape index (κ2) is 11.4. The second-order valence-corrected chi connectivity index (χ2v) is 7.00. The molecule has 0 radical (unpaired) electrons. The molecule has 0 bridgehead atoms. The lowest BCUT2D eigenvalue weighted by Crippen LogP contribution is -2.37. The molecule has 2 aromatic rings. The van der Waals surface area contributed by atoms with E-state index in [-0.39, 0.29) is 0 Å². The number of anilines is 2. The summed E-state index contributed by atoms with van der Waals surface area (Å²) in [6, 6.07) is 3.58. The summed E-state index contributed by atoms with van der Waals surface area (Å²) in [6.07, 6.45) is 3.61. The highest BCUT2D eigenvalue weighted by molar-refractivity contribution is 5.81. The molecule has 9 heteroatoms. The van der Waals surface area contributed by atoms with Crippen LogP contribution in [0.2, 0.25) is 0 Å². The molecular formula is C20H34N8O. The minimum Gasteiger partial charge on any atom is -0.383 e. The number of hydrogen-bond acceptors (Lipinski definition) is 8. The van der Waals surface area contributed by atoms with Crippen LogP contribution in [0.25, 0.3) is 0 Å². The molecule has 1 unspecified atom stereocenters. The van der Waals surface area contributed by atoms with Crippen LogP contribution in [0.5, 0.6) is 0 Å². The van der Waals surface area contributed by atoms with Crippen LogP contribution in [0.15, 0.2) is 21.6 Å². The summed E-state index contributed by atoms with van der Waals surface area (Å²) in [7, 11) is 0. The molecule has 1 saturated carbocycles. The Morgan fingerprint density at radius 3 is 2.76 bits per heavy atom. The fourth-order valence-electron chi connectivity index (χ4n) is 2.45. The second-order valence-electron chi connectivity index (χ2n) is 7.00. The van der Waals surface area contributed by atoms with Gasteiger partial charge in [0.25, 0.3) is 0 Å². The van der Waals surface area contributed by atoms with Crippen LogP contribution in [0.3, 0.4) is 0 Å². The van der Waals surface area contributed by atoms with Crippen molar-refractivity contribution in [2.75, 3.05) is 17.6 Å².